The molecule has 3 aromatic carbocycles. The lowest BCUT2D eigenvalue weighted by Gasteiger charge is -2.50. The van der Waals surface area contributed by atoms with Crippen molar-refractivity contribution in [1.29, 1.82) is 0 Å². The van der Waals surface area contributed by atoms with Crippen LogP contribution in [0, 0.1) is 40.7 Å². The summed E-state index contributed by atoms with van der Waals surface area (Å²) >= 11 is 12.5. The molecule has 8 rings (SSSR count). The second-order valence-corrected chi connectivity index (χ2v) is 15.1. The number of carbonyl (C=O) groups excluding carboxylic acids is 4. The second-order valence-electron chi connectivity index (χ2n) is 14.2. The van der Waals surface area contributed by atoms with Crippen molar-refractivity contribution in [2.24, 2.45) is 23.7 Å². The van der Waals surface area contributed by atoms with Crippen molar-refractivity contribution >= 4 is 64.0 Å². The number of aryl methyl sites for hydroxylation is 1. The molecular formula is C39H28Cl2F3N5O7. The van der Waals surface area contributed by atoms with Gasteiger partial charge in [0.15, 0.2) is 5.82 Å². The number of halogens is 5. The van der Waals surface area contributed by atoms with Gasteiger partial charge in [-0.3, -0.25) is 34.7 Å². The molecule has 12 nitrogen and oxygen atoms in total. The molecule has 4 aromatic rings. The second kappa shape index (κ2) is 13.2. The fourth-order valence-corrected chi connectivity index (χ4v) is 9.38. The highest BCUT2D eigenvalue weighted by Gasteiger charge is 2.70. The molecule has 3 fully saturated rings. The molecule has 6 unspecified atom stereocenters. The predicted octanol–water partition coefficient (Wildman–Crippen LogP) is 7.52. The van der Waals surface area contributed by atoms with E-state index in [1.807, 2.05) is 0 Å². The maximum absolute atomic E-state index is 15.3. The predicted molar refractivity (Wildman–Crippen MR) is 195 cm³/mol. The highest BCUT2D eigenvalue weighted by molar-refractivity contribution is 6.33. The standard InChI is InChI=1S/C39H28Cl2F3N5O7/c1-18-4-2-7-26(32(18)50)31-24-12-13-25-30(36(53)47(34(25)51)22-5-3-6-23(15-22)49(55)56)27(24)16-28-35(52)48(37(54)38(28,31)19-8-10-21(40)11-9-19)46-33-29(41)14-20(17-45-33)39(42,43)44/h2-12,14-15,17,25,27-28,30-31,50H,13,16H2,1H3,(H,45,46). The Morgan fingerprint density at radius 1 is 0.964 bits per heavy atom. The Labute approximate surface area is 325 Å². The molecule has 1 aromatic heterocycles. The number of hydrogen-bond donors (Lipinski definition) is 2. The summed E-state index contributed by atoms with van der Waals surface area (Å²) in [7, 11) is 0. The summed E-state index contributed by atoms with van der Waals surface area (Å²) in [4.78, 5) is 74.3. The summed E-state index contributed by atoms with van der Waals surface area (Å²) in [6.07, 6.45) is -2.64. The SMILES string of the molecule is Cc1cccc(C2C3=CCC4C(=O)N(c5cccc([N+](=O)[O-])c5)C(=O)C4C3CC3C(=O)N(Nc4ncc(C(F)(F)F)cc4Cl)C(=O)C32c2ccc(Cl)cc2)c1O. The largest absolute Gasteiger partial charge is 0.507 e. The van der Waals surface area contributed by atoms with E-state index >= 15 is 4.79 Å². The number of allylic oxidation sites excluding steroid dienone is 2. The summed E-state index contributed by atoms with van der Waals surface area (Å²) in [5, 5.41) is 23.7. The number of para-hydroxylation sites is 1. The molecule has 286 valence electrons. The van der Waals surface area contributed by atoms with Gasteiger partial charge in [-0.15, -0.1) is 0 Å². The number of fused-ring (bicyclic) bond motifs is 4. The van der Waals surface area contributed by atoms with Gasteiger partial charge in [-0.1, -0.05) is 71.2 Å². The van der Waals surface area contributed by atoms with Crippen molar-refractivity contribution in [2.45, 2.75) is 37.3 Å². The van der Waals surface area contributed by atoms with Crippen LogP contribution in [0.4, 0.5) is 30.4 Å². The van der Waals surface area contributed by atoms with E-state index < -0.39 is 86.1 Å². The van der Waals surface area contributed by atoms with Crippen molar-refractivity contribution in [3.05, 3.63) is 133 Å². The molecule has 1 saturated carbocycles. The fraction of sp³-hybridized carbons (Fsp3) is 0.256. The lowest BCUT2D eigenvalue weighted by atomic mass is 9.49. The van der Waals surface area contributed by atoms with E-state index in [1.165, 1.54) is 30.3 Å². The molecule has 6 atom stereocenters. The summed E-state index contributed by atoms with van der Waals surface area (Å²) in [6, 6.07) is 16.9. The number of nitrogens with zero attached hydrogens (tertiary/aromatic N) is 4. The summed E-state index contributed by atoms with van der Waals surface area (Å²) in [6.45, 7) is 1.65. The monoisotopic (exact) mass is 805 g/mol. The van der Waals surface area contributed by atoms with Gasteiger partial charge in [-0.05, 0) is 61.1 Å². The van der Waals surface area contributed by atoms with Crippen LogP contribution in [-0.4, -0.2) is 43.7 Å². The molecule has 0 bridgehead atoms. The molecule has 0 radical (unpaired) electrons. The molecule has 17 heteroatoms. The number of pyridine rings is 1. The number of nitro groups is 1. The van der Waals surface area contributed by atoms with Crippen LogP contribution in [0.3, 0.4) is 0 Å². The number of non-ortho nitro benzene ring substituents is 1. The van der Waals surface area contributed by atoms with Crippen molar-refractivity contribution in [2.75, 3.05) is 10.3 Å². The number of phenols is 1. The van der Waals surface area contributed by atoms with Crippen LogP contribution in [0.15, 0.2) is 90.6 Å². The minimum atomic E-state index is -4.78. The van der Waals surface area contributed by atoms with Crippen molar-refractivity contribution in [3.63, 3.8) is 0 Å². The number of anilines is 2. The molecule has 4 amide bonds. The third-order valence-electron chi connectivity index (χ3n) is 11.4. The van der Waals surface area contributed by atoms with Gasteiger partial charge in [-0.2, -0.15) is 18.2 Å². The zero-order chi connectivity index (χ0) is 40.0. The Balaban J connectivity index is 1.31. The average Bonchev–Trinajstić information content (AvgIpc) is 3.54. The van der Waals surface area contributed by atoms with Gasteiger partial charge in [0.25, 0.3) is 17.5 Å². The molecule has 2 saturated heterocycles. The molecule has 2 aliphatic heterocycles. The van der Waals surface area contributed by atoms with Crippen LogP contribution in [-0.2, 0) is 30.8 Å². The van der Waals surface area contributed by atoms with Gasteiger partial charge in [0, 0.05) is 34.8 Å². The summed E-state index contributed by atoms with van der Waals surface area (Å²) < 4.78 is 40.4. The highest BCUT2D eigenvalue weighted by Crippen LogP contribution is 2.65. The number of hydrogen-bond acceptors (Lipinski definition) is 9. The van der Waals surface area contributed by atoms with Gasteiger partial charge in [0.05, 0.1) is 44.4 Å². The lowest BCUT2D eigenvalue weighted by Crippen LogP contribution is -2.53. The molecule has 2 aliphatic carbocycles. The quantitative estimate of drug-likeness (QED) is 0.0869. The zero-order valence-corrected chi connectivity index (χ0v) is 30.5. The molecule has 3 heterocycles. The Kier molecular flexibility index (Phi) is 8.73. The number of benzene rings is 3. The molecule has 0 spiro atoms. The van der Waals surface area contributed by atoms with Crippen LogP contribution in [0.2, 0.25) is 10.0 Å². The first-order chi connectivity index (χ1) is 26.5. The van der Waals surface area contributed by atoms with E-state index in [9.17, 15) is 42.8 Å². The van der Waals surface area contributed by atoms with E-state index in [1.54, 1.807) is 43.3 Å². The molecule has 4 aliphatic rings. The number of nitrogens with one attached hydrogen (secondary N) is 1. The number of rotatable bonds is 6. The van der Waals surface area contributed by atoms with Gasteiger partial charge < -0.3 is 5.11 Å². The number of amides is 4. The number of carbonyl (C=O) groups is 4. The molecular weight excluding hydrogens is 778 g/mol. The molecule has 2 N–H and O–H groups in total. The third kappa shape index (κ3) is 5.46. The number of aromatic hydroxyl groups is 1. The summed E-state index contributed by atoms with van der Waals surface area (Å²) in [5.74, 6) is -8.75. The average molecular weight is 807 g/mol. The molecule has 56 heavy (non-hydrogen) atoms. The summed E-state index contributed by atoms with van der Waals surface area (Å²) in [5.41, 5.74) is 0.756. The van der Waals surface area contributed by atoms with E-state index in [-0.39, 0.29) is 35.5 Å². The normalized spacial score (nSPS) is 25.8. The van der Waals surface area contributed by atoms with Crippen LogP contribution in [0.1, 0.15) is 41.0 Å². The maximum atomic E-state index is 15.3. The highest BCUT2D eigenvalue weighted by atomic mass is 35.5. The minimum absolute atomic E-state index is 0.00719. The van der Waals surface area contributed by atoms with Crippen LogP contribution >= 0.6 is 23.2 Å². The Morgan fingerprint density at radius 2 is 1.68 bits per heavy atom. The van der Waals surface area contributed by atoms with E-state index in [0.717, 1.165) is 11.0 Å². The van der Waals surface area contributed by atoms with Crippen LogP contribution < -0.4 is 10.3 Å². The first-order valence-electron chi connectivity index (χ1n) is 17.3. The number of hydrazine groups is 1. The smallest absolute Gasteiger partial charge is 0.417 e. The third-order valence-corrected chi connectivity index (χ3v) is 12.0. The number of imide groups is 2. The topological polar surface area (TPSA) is 163 Å². The lowest BCUT2D eigenvalue weighted by molar-refractivity contribution is -0.384. The van der Waals surface area contributed by atoms with Crippen molar-refractivity contribution in [3.8, 4) is 5.75 Å². The van der Waals surface area contributed by atoms with E-state index in [2.05, 4.69) is 10.4 Å². The van der Waals surface area contributed by atoms with E-state index in [0.29, 0.717) is 39.0 Å². The fourth-order valence-electron chi connectivity index (χ4n) is 9.04. The number of nitro benzene ring substituents is 1. The maximum Gasteiger partial charge on any atom is 0.417 e. The van der Waals surface area contributed by atoms with Crippen LogP contribution in [0.5, 0.6) is 5.75 Å². The first-order valence-corrected chi connectivity index (χ1v) is 18.1. The first kappa shape index (κ1) is 37.1. The van der Waals surface area contributed by atoms with Crippen molar-refractivity contribution in [1.82, 2.24) is 9.99 Å². The number of aromatic nitrogens is 1. The minimum Gasteiger partial charge on any atom is -0.507 e. The van der Waals surface area contributed by atoms with E-state index in [4.69, 9.17) is 23.2 Å². The van der Waals surface area contributed by atoms with Gasteiger partial charge >= 0.3 is 6.18 Å². The van der Waals surface area contributed by atoms with Gasteiger partial charge in [0.1, 0.15) is 5.75 Å². The van der Waals surface area contributed by atoms with Crippen molar-refractivity contribution < 1.29 is 42.4 Å². The number of phenolic OH excluding ortho intramolecular Hbond substituents is 1. The van der Waals surface area contributed by atoms with Gasteiger partial charge in [0.2, 0.25) is 11.8 Å². The Bertz CT molecular complexity index is 2430. The zero-order valence-electron chi connectivity index (χ0n) is 29.0. The Hall–Kier alpha value is -5.80. The number of alkyl halides is 3. The van der Waals surface area contributed by atoms with Crippen LogP contribution in [0.25, 0.3) is 0 Å². The van der Waals surface area contributed by atoms with Gasteiger partial charge in [-0.25, -0.2) is 9.88 Å². The Morgan fingerprint density at radius 3 is 2.36 bits per heavy atom.